The number of hydrogen-bond donors (Lipinski definition) is 0. The molecule has 2 rings (SSSR count). The molecule has 0 radical (unpaired) electrons. The highest BCUT2D eigenvalue weighted by Crippen LogP contribution is 2.36. The van der Waals surface area contributed by atoms with Crippen molar-refractivity contribution >= 4 is 11.6 Å². The lowest BCUT2D eigenvalue weighted by Crippen LogP contribution is -2.23. The number of halogens is 1. The van der Waals surface area contributed by atoms with E-state index < -0.39 is 0 Å². The van der Waals surface area contributed by atoms with Crippen molar-refractivity contribution in [2.24, 2.45) is 0 Å². The van der Waals surface area contributed by atoms with E-state index >= 15 is 0 Å². The van der Waals surface area contributed by atoms with Gasteiger partial charge in [-0.05, 0) is 41.4 Å². The van der Waals surface area contributed by atoms with Crippen molar-refractivity contribution in [1.29, 1.82) is 0 Å². The second-order valence-corrected chi connectivity index (χ2v) is 5.13. The van der Waals surface area contributed by atoms with Crippen molar-refractivity contribution in [3.05, 3.63) is 34.9 Å². The van der Waals surface area contributed by atoms with Gasteiger partial charge in [0.15, 0.2) is 0 Å². The SMILES string of the molecule is CC1(C)CCCc2cc(CCl)ccc21. The Morgan fingerprint density at radius 2 is 2.14 bits per heavy atom. The van der Waals surface area contributed by atoms with Crippen LogP contribution in [0.1, 0.15) is 43.4 Å². The Balaban J connectivity index is 2.46. The van der Waals surface area contributed by atoms with Crippen LogP contribution in [0.25, 0.3) is 0 Å². The molecule has 0 saturated heterocycles. The molecular weight excluding hydrogens is 192 g/mol. The summed E-state index contributed by atoms with van der Waals surface area (Å²) in [5.41, 5.74) is 4.65. The molecule has 0 amide bonds. The van der Waals surface area contributed by atoms with Gasteiger partial charge < -0.3 is 0 Å². The molecule has 0 spiro atoms. The summed E-state index contributed by atoms with van der Waals surface area (Å²) in [6.07, 6.45) is 3.84. The summed E-state index contributed by atoms with van der Waals surface area (Å²) in [4.78, 5) is 0. The van der Waals surface area contributed by atoms with Gasteiger partial charge in [-0.1, -0.05) is 32.0 Å². The summed E-state index contributed by atoms with van der Waals surface area (Å²) in [7, 11) is 0. The van der Waals surface area contributed by atoms with E-state index in [-0.39, 0.29) is 0 Å². The first-order valence-corrected chi connectivity index (χ1v) is 5.85. The fourth-order valence-corrected chi connectivity index (χ4v) is 2.62. The quantitative estimate of drug-likeness (QED) is 0.612. The molecule has 0 atom stereocenters. The monoisotopic (exact) mass is 208 g/mol. The molecule has 0 aromatic heterocycles. The van der Waals surface area contributed by atoms with Gasteiger partial charge in [-0.3, -0.25) is 0 Å². The van der Waals surface area contributed by atoms with Crippen LogP contribution in [-0.2, 0) is 17.7 Å². The standard InChI is InChI=1S/C13H17Cl/c1-13(2)7-3-4-11-8-10(9-14)5-6-12(11)13/h5-6,8H,3-4,7,9H2,1-2H3. The van der Waals surface area contributed by atoms with E-state index in [4.69, 9.17) is 11.6 Å². The lowest BCUT2D eigenvalue weighted by molar-refractivity contribution is 0.431. The smallest absolute Gasteiger partial charge is 0.0474 e. The Morgan fingerprint density at radius 1 is 1.36 bits per heavy atom. The van der Waals surface area contributed by atoms with E-state index in [1.165, 1.54) is 36.0 Å². The van der Waals surface area contributed by atoms with Crippen molar-refractivity contribution < 1.29 is 0 Å². The summed E-state index contributed by atoms with van der Waals surface area (Å²) in [6, 6.07) is 6.72. The van der Waals surface area contributed by atoms with E-state index in [0.29, 0.717) is 11.3 Å². The summed E-state index contributed by atoms with van der Waals surface area (Å²) in [5, 5.41) is 0. The van der Waals surface area contributed by atoms with E-state index in [2.05, 4.69) is 32.0 Å². The molecule has 0 heterocycles. The van der Waals surface area contributed by atoms with Crippen LogP contribution in [0.5, 0.6) is 0 Å². The second kappa shape index (κ2) is 3.58. The first-order chi connectivity index (χ1) is 6.63. The number of hydrogen-bond acceptors (Lipinski definition) is 0. The van der Waals surface area contributed by atoms with Crippen molar-refractivity contribution in [3.8, 4) is 0 Å². The normalized spacial score (nSPS) is 19.1. The molecular formula is C13H17Cl. The van der Waals surface area contributed by atoms with Crippen LogP contribution in [0, 0.1) is 0 Å². The topological polar surface area (TPSA) is 0 Å². The van der Waals surface area contributed by atoms with Gasteiger partial charge in [-0.25, -0.2) is 0 Å². The van der Waals surface area contributed by atoms with Gasteiger partial charge in [0.1, 0.15) is 0 Å². The molecule has 0 aliphatic heterocycles. The third kappa shape index (κ3) is 1.68. The predicted octanol–water partition coefficient (Wildman–Crippen LogP) is 4.04. The minimum Gasteiger partial charge on any atom is -0.122 e. The van der Waals surface area contributed by atoms with Gasteiger partial charge >= 0.3 is 0 Å². The molecule has 1 aromatic carbocycles. The number of benzene rings is 1. The Labute approximate surface area is 91.3 Å². The zero-order valence-corrected chi connectivity index (χ0v) is 9.69. The van der Waals surface area contributed by atoms with Crippen LogP contribution in [0.2, 0.25) is 0 Å². The Bertz CT molecular complexity index is 339. The molecule has 1 heteroatoms. The fourth-order valence-electron chi connectivity index (χ4n) is 2.45. The van der Waals surface area contributed by atoms with Crippen molar-refractivity contribution in [3.63, 3.8) is 0 Å². The molecule has 0 unspecified atom stereocenters. The molecule has 1 aromatic rings. The molecule has 0 fully saturated rings. The summed E-state index contributed by atoms with van der Waals surface area (Å²) < 4.78 is 0. The van der Waals surface area contributed by atoms with Gasteiger partial charge in [0.2, 0.25) is 0 Å². The van der Waals surface area contributed by atoms with Gasteiger partial charge in [0, 0.05) is 5.88 Å². The van der Waals surface area contributed by atoms with E-state index in [1.54, 1.807) is 0 Å². The molecule has 0 N–H and O–H groups in total. The minimum absolute atomic E-state index is 0.360. The first kappa shape index (κ1) is 10.0. The number of alkyl halides is 1. The number of fused-ring (bicyclic) bond motifs is 1. The largest absolute Gasteiger partial charge is 0.122 e. The third-order valence-corrected chi connectivity index (χ3v) is 3.61. The van der Waals surface area contributed by atoms with Crippen molar-refractivity contribution in [1.82, 2.24) is 0 Å². The molecule has 1 aliphatic carbocycles. The molecule has 0 nitrogen and oxygen atoms in total. The summed E-state index contributed by atoms with van der Waals surface area (Å²) >= 11 is 5.84. The van der Waals surface area contributed by atoms with E-state index in [0.717, 1.165) is 0 Å². The number of rotatable bonds is 1. The Morgan fingerprint density at radius 3 is 2.86 bits per heavy atom. The maximum atomic E-state index is 5.84. The molecule has 0 saturated carbocycles. The maximum absolute atomic E-state index is 5.84. The molecule has 76 valence electrons. The van der Waals surface area contributed by atoms with Crippen molar-refractivity contribution in [2.75, 3.05) is 0 Å². The Hall–Kier alpha value is -0.490. The van der Waals surface area contributed by atoms with Crippen LogP contribution < -0.4 is 0 Å². The Kier molecular flexibility index (Phi) is 2.57. The number of aryl methyl sites for hydroxylation is 1. The average Bonchev–Trinajstić information content (AvgIpc) is 2.16. The fraction of sp³-hybridized carbons (Fsp3) is 0.538. The lowest BCUT2D eigenvalue weighted by Gasteiger charge is -2.32. The zero-order chi connectivity index (χ0) is 10.2. The first-order valence-electron chi connectivity index (χ1n) is 5.32. The van der Waals surface area contributed by atoms with Crippen LogP contribution in [0.4, 0.5) is 0 Å². The van der Waals surface area contributed by atoms with Crippen LogP contribution in [0.3, 0.4) is 0 Å². The lowest BCUT2D eigenvalue weighted by atomic mass is 9.72. The molecule has 1 aliphatic rings. The van der Waals surface area contributed by atoms with Crippen molar-refractivity contribution in [2.45, 2.75) is 44.4 Å². The second-order valence-electron chi connectivity index (χ2n) is 4.86. The molecule has 14 heavy (non-hydrogen) atoms. The van der Waals surface area contributed by atoms with Gasteiger partial charge in [0.25, 0.3) is 0 Å². The van der Waals surface area contributed by atoms with Crippen LogP contribution in [0.15, 0.2) is 18.2 Å². The third-order valence-electron chi connectivity index (χ3n) is 3.30. The minimum atomic E-state index is 0.360. The predicted molar refractivity (Wildman–Crippen MR) is 62.0 cm³/mol. The highest BCUT2D eigenvalue weighted by Gasteiger charge is 2.26. The summed E-state index contributed by atoms with van der Waals surface area (Å²) in [6.45, 7) is 4.68. The van der Waals surface area contributed by atoms with Crippen LogP contribution in [-0.4, -0.2) is 0 Å². The van der Waals surface area contributed by atoms with Gasteiger partial charge in [-0.2, -0.15) is 0 Å². The van der Waals surface area contributed by atoms with Gasteiger partial charge in [0.05, 0.1) is 0 Å². The van der Waals surface area contributed by atoms with Gasteiger partial charge in [-0.15, -0.1) is 11.6 Å². The highest BCUT2D eigenvalue weighted by atomic mass is 35.5. The highest BCUT2D eigenvalue weighted by molar-refractivity contribution is 6.17. The maximum Gasteiger partial charge on any atom is 0.0474 e. The molecule has 0 bridgehead atoms. The zero-order valence-electron chi connectivity index (χ0n) is 8.94. The summed E-state index contributed by atoms with van der Waals surface area (Å²) in [5.74, 6) is 0.633. The van der Waals surface area contributed by atoms with E-state index in [9.17, 15) is 0 Å². The average molecular weight is 209 g/mol. The van der Waals surface area contributed by atoms with E-state index in [1.807, 2.05) is 0 Å². The van der Waals surface area contributed by atoms with Crippen LogP contribution >= 0.6 is 11.6 Å².